The number of hydrogen-bond acceptors (Lipinski definition) is 4. The number of aliphatic carboxylic acids is 1. The van der Waals surface area contributed by atoms with Crippen LogP contribution in [0.2, 0.25) is 0 Å². The Morgan fingerprint density at radius 1 is 1.25 bits per heavy atom. The van der Waals surface area contributed by atoms with Crippen LogP contribution in [0.15, 0.2) is 36.4 Å². The van der Waals surface area contributed by atoms with Gasteiger partial charge in [0.25, 0.3) is 5.91 Å². The molecule has 2 N–H and O–H groups in total. The van der Waals surface area contributed by atoms with E-state index in [-0.39, 0.29) is 5.92 Å². The molecule has 0 aliphatic heterocycles. The highest BCUT2D eigenvalue weighted by atomic mass is 16.4. The molecule has 3 aromatic rings. The van der Waals surface area contributed by atoms with Crippen molar-refractivity contribution in [1.29, 1.82) is 0 Å². The summed E-state index contributed by atoms with van der Waals surface area (Å²) in [6.45, 7) is 5.52. The molecule has 0 bridgehead atoms. The molecule has 3 rings (SSSR count). The van der Waals surface area contributed by atoms with Gasteiger partial charge in [-0.1, -0.05) is 50.6 Å². The van der Waals surface area contributed by atoms with Gasteiger partial charge in [0, 0.05) is 12.6 Å². The Bertz CT molecular complexity index is 1030. The molecule has 7 heteroatoms. The number of carboxylic acid groups (broad SMARTS) is 1. The zero-order valence-corrected chi connectivity index (χ0v) is 16.4. The number of amides is 1. The molecule has 2 unspecified atom stereocenters. The number of rotatable bonds is 6. The smallest absolute Gasteiger partial charge is 0.326 e. The Balaban J connectivity index is 2.13. The van der Waals surface area contributed by atoms with Crippen LogP contribution in [0, 0.1) is 12.8 Å². The molecule has 0 radical (unpaired) electrons. The van der Waals surface area contributed by atoms with E-state index in [0.29, 0.717) is 34.4 Å². The molecule has 146 valence electrons. The van der Waals surface area contributed by atoms with Gasteiger partial charge in [0.05, 0.1) is 22.3 Å². The SMILES string of the molecule is CCC(C)C(NC(=O)c1cc(-c2ccccc2)nc2c1c(C)nn2C)C(=O)O. The predicted octanol–water partition coefficient (Wildman–Crippen LogP) is 3.17. The molecule has 1 amide bonds. The molecular weight excluding hydrogens is 356 g/mol. The van der Waals surface area contributed by atoms with Gasteiger partial charge < -0.3 is 10.4 Å². The summed E-state index contributed by atoms with van der Waals surface area (Å²) in [5.74, 6) is -1.67. The van der Waals surface area contributed by atoms with Crippen LogP contribution in [-0.2, 0) is 11.8 Å². The van der Waals surface area contributed by atoms with Gasteiger partial charge in [-0.2, -0.15) is 5.10 Å². The molecule has 2 heterocycles. The van der Waals surface area contributed by atoms with E-state index in [1.54, 1.807) is 17.8 Å². The summed E-state index contributed by atoms with van der Waals surface area (Å²) in [5.41, 5.74) is 3.14. The Morgan fingerprint density at radius 3 is 2.54 bits per heavy atom. The molecule has 2 atom stereocenters. The lowest BCUT2D eigenvalue weighted by Gasteiger charge is -2.20. The number of aromatic nitrogens is 3. The summed E-state index contributed by atoms with van der Waals surface area (Å²) in [6, 6.07) is 10.3. The number of pyridine rings is 1. The minimum absolute atomic E-state index is 0.192. The van der Waals surface area contributed by atoms with E-state index in [9.17, 15) is 14.7 Å². The number of carboxylic acids is 1. The van der Waals surface area contributed by atoms with Gasteiger partial charge >= 0.3 is 5.97 Å². The summed E-state index contributed by atoms with van der Waals surface area (Å²) in [4.78, 5) is 29.4. The standard InChI is InChI=1S/C21H24N4O3/c1-5-12(2)18(21(27)28)23-20(26)15-11-16(14-9-7-6-8-10-14)22-19-17(15)13(3)24-25(19)4/h6-12,18H,5H2,1-4H3,(H,23,26)(H,27,28). The van der Waals surface area contributed by atoms with Crippen molar-refractivity contribution in [1.82, 2.24) is 20.1 Å². The second kappa shape index (κ2) is 7.80. The Hall–Kier alpha value is -3.22. The van der Waals surface area contributed by atoms with Crippen molar-refractivity contribution in [3.05, 3.63) is 47.7 Å². The maximum atomic E-state index is 13.1. The Kier molecular flexibility index (Phi) is 5.44. The zero-order valence-electron chi connectivity index (χ0n) is 16.4. The van der Waals surface area contributed by atoms with Gasteiger partial charge in [0.15, 0.2) is 5.65 Å². The average Bonchev–Trinajstić information content (AvgIpc) is 2.98. The van der Waals surface area contributed by atoms with Gasteiger partial charge in [0.2, 0.25) is 0 Å². The lowest BCUT2D eigenvalue weighted by Crippen LogP contribution is -2.45. The Labute approximate surface area is 163 Å². The van der Waals surface area contributed by atoms with Crippen molar-refractivity contribution in [2.75, 3.05) is 0 Å². The van der Waals surface area contributed by atoms with Crippen LogP contribution >= 0.6 is 0 Å². The van der Waals surface area contributed by atoms with Crippen molar-refractivity contribution in [3.8, 4) is 11.3 Å². The molecule has 0 aliphatic carbocycles. The van der Waals surface area contributed by atoms with Gasteiger partial charge in [-0.05, 0) is 18.9 Å². The van der Waals surface area contributed by atoms with Crippen LogP contribution in [0.3, 0.4) is 0 Å². The first-order chi connectivity index (χ1) is 13.3. The number of fused-ring (bicyclic) bond motifs is 1. The van der Waals surface area contributed by atoms with E-state index in [2.05, 4.69) is 15.4 Å². The van der Waals surface area contributed by atoms with Crippen molar-refractivity contribution in [2.45, 2.75) is 33.2 Å². The van der Waals surface area contributed by atoms with E-state index >= 15 is 0 Å². The molecule has 28 heavy (non-hydrogen) atoms. The van der Waals surface area contributed by atoms with Crippen LogP contribution in [0.1, 0.15) is 36.3 Å². The minimum atomic E-state index is -1.04. The number of nitrogens with one attached hydrogen (secondary N) is 1. The van der Waals surface area contributed by atoms with Crippen LogP contribution in [0.5, 0.6) is 0 Å². The van der Waals surface area contributed by atoms with E-state index in [4.69, 9.17) is 0 Å². The van der Waals surface area contributed by atoms with Crippen molar-refractivity contribution >= 4 is 22.9 Å². The van der Waals surface area contributed by atoms with Gasteiger partial charge in [-0.3, -0.25) is 9.48 Å². The minimum Gasteiger partial charge on any atom is -0.480 e. The van der Waals surface area contributed by atoms with Crippen LogP contribution in [0.25, 0.3) is 22.3 Å². The number of hydrogen-bond donors (Lipinski definition) is 2. The molecule has 0 saturated carbocycles. The summed E-state index contributed by atoms with van der Waals surface area (Å²) in [7, 11) is 1.78. The molecule has 0 aliphatic rings. The summed E-state index contributed by atoms with van der Waals surface area (Å²) in [6.07, 6.45) is 0.643. The molecule has 0 saturated heterocycles. The molecule has 1 aromatic carbocycles. The van der Waals surface area contributed by atoms with E-state index < -0.39 is 17.9 Å². The highest BCUT2D eigenvalue weighted by Gasteiger charge is 2.27. The molecular formula is C21H24N4O3. The number of carbonyl (C=O) groups is 2. The maximum Gasteiger partial charge on any atom is 0.326 e. The lowest BCUT2D eigenvalue weighted by atomic mass is 9.98. The predicted molar refractivity (Wildman–Crippen MR) is 107 cm³/mol. The second-order valence-corrected chi connectivity index (χ2v) is 7.00. The fourth-order valence-electron chi connectivity index (χ4n) is 3.28. The zero-order chi connectivity index (χ0) is 20.4. The van der Waals surface area contributed by atoms with Crippen LogP contribution in [-0.4, -0.2) is 37.8 Å². The summed E-state index contributed by atoms with van der Waals surface area (Å²) in [5, 5.41) is 17.2. The van der Waals surface area contributed by atoms with E-state index in [1.165, 1.54) is 0 Å². The van der Waals surface area contributed by atoms with Crippen molar-refractivity contribution in [3.63, 3.8) is 0 Å². The highest BCUT2D eigenvalue weighted by molar-refractivity contribution is 6.08. The third-order valence-corrected chi connectivity index (χ3v) is 5.05. The first-order valence-corrected chi connectivity index (χ1v) is 9.26. The fourth-order valence-corrected chi connectivity index (χ4v) is 3.28. The quantitative estimate of drug-likeness (QED) is 0.685. The fraction of sp³-hybridized carbons (Fsp3) is 0.333. The first kappa shape index (κ1) is 19.5. The highest BCUT2D eigenvalue weighted by Crippen LogP contribution is 2.27. The lowest BCUT2D eigenvalue weighted by molar-refractivity contribution is -0.140. The number of benzene rings is 1. The van der Waals surface area contributed by atoms with Gasteiger partial charge in [-0.15, -0.1) is 0 Å². The number of aryl methyl sites for hydroxylation is 2. The third kappa shape index (κ3) is 3.60. The molecule has 0 spiro atoms. The van der Waals surface area contributed by atoms with Gasteiger partial charge in [-0.25, -0.2) is 9.78 Å². The maximum absolute atomic E-state index is 13.1. The van der Waals surface area contributed by atoms with Crippen LogP contribution < -0.4 is 5.32 Å². The molecule has 7 nitrogen and oxygen atoms in total. The van der Waals surface area contributed by atoms with Gasteiger partial charge in [0.1, 0.15) is 6.04 Å². The monoisotopic (exact) mass is 380 g/mol. The van der Waals surface area contributed by atoms with Crippen molar-refractivity contribution < 1.29 is 14.7 Å². The second-order valence-electron chi connectivity index (χ2n) is 7.00. The summed E-state index contributed by atoms with van der Waals surface area (Å²) < 4.78 is 1.64. The number of carbonyl (C=O) groups excluding carboxylic acids is 1. The Morgan fingerprint density at radius 2 is 1.93 bits per heavy atom. The normalized spacial score (nSPS) is 13.3. The summed E-state index contributed by atoms with van der Waals surface area (Å²) >= 11 is 0. The number of nitrogens with zero attached hydrogens (tertiary/aromatic N) is 3. The molecule has 2 aromatic heterocycles. The van der Waals surface area contributed by atoms with E-state index in [1.807, 2.05) is 51.1 Å². The average molecular weight is 380 g/mol. The third-order valence-electron chi connectivity index (χ3n) is 5.05. The van der Waals surface area contributed by atoms with Crippen molar-refractivity contribution in [2.24, 2.45) is 13.0 Å². The molecule has 0 fully saturated rings. The largest absolute Gasteiger partial charge is 0.480 e. The van der Waals surface area contributed by atoms with E-state index in [0.717, 1.165) is 5.56 Å². The topological polar surface area (TPSA) is 97.1 Å². The first-order valence-electron chi connectivity index (χ1n) is 9.26. The van der Waals surface area contributed by atoms with Crippen LogP contribution in [0.4, 0.5) is 0 Å².